The second-order valence-corrected chi connectivity index (χ2v) is 6.99. The minimum atomic E-state index is -0.891. The molecule has 0 fully saturated rings. The number of rotatable bonds is 4. The summed E-state index contributed by atoms with van der Waals surface area (Å²) in [5, 5.41) is 50.6. The van der Waals surface area contributed by atoms with Crippen LogP contribution in [0.15, 0.2) is 51.7 Å². The van der Waals surface area contributed by atoms with Crippen LogP contribution in [0.1, 0.15) is 25.0 Å². The maximum absolute atomic E-state index is 13.3. The van der Waals surface area contributed by atoms with Gasteiger partial charge in [0.1, 0.15) is 11.0 Å². The average molecular weight is 408 g/mol. The number of aromatic hydroxyl groups is 5. The molecule has 7 heteroatoms. The van der Waals surface area contributed by atoms with Gasteiger partial charge in [0.2, 0.25) is 11.2 Å². The van der Waals surface area contributed by atoms with Gasteiger partial charge in [-0.1, -0.05) is 36.5 Å². The molecular weight excluding hydrogens is 388 g/mol. The van der Waals surface area contributed by atoms with Crippen molar-refractivity contribution in [1.82, 2.24) is 0 Å². The van der Waals surface area contributed by atoms with Crippen molar-refractivity contribution in [2.75, 3.05) is 0 Å². The van der Waals surface area contributed by atoms with Crippen LogP contribution >= 0.6 is 0 Å². The van der Waals surface area contributed by atoms with Crippen molar-refractivity contribution in [1.29, 1.82) is 0 Å². The Kier molecular flexibility index (Phi) is 5.06. The lowest BCUT2D eigenvalue weighted by molar-refractivity contribution is 0.369. The Morgan fingerprint density at radius 2 is 1.40 bits per heavy atom. The van der Waals surface area contributed by atoms with Gasteiger partial charge >= 0.3 is 0 Å². The minimum Gasteiger partial charge on any atom is -0.504 e. The van der Waals surface area contributed by atoms with Crippen LogP contribution in [0.4, 0.5) is 0 Å². The van der Waals surface area contributed by atoms with Gasteiger partial charge in [-0.05, 0) is 26.0 Å². The highest BCUT2D eigenvalue weighted by molar-refractivity contribution is 6.03. The number of benzene rings is 2. The van der Waals surface area contributed by atoms with Crippen molar-refractivity contribution in [2.45, 2.75) is 13.8 Å². The summed E-state index contributed by atoms with van der Waals surface area (Å²) >= 11 is 0. The number of fused-ring (bicyclic) bond motifs is 2. The Morgan fingerprint density at radius 3 is 1.97 bits per heavy atom. The number of phenols is 5. The first-order valence-electron chi connectivity index (χ1n) is 8.84. The van der Waals surface area contributed by atoms with Gasteiger partial charge in [-0.15, -0.1) is 0 Å². The summed E-state index contributed by atoms with van der Waals surface area (Å²) < 4.78 is 5.75. The molecule has 5 N–H and O–H groups in total. The molecule has 154 valence electrons. The van der Waals surface area contributed by atoms with Gasteiger partial charge in [0.25, 0.3) is 0 Å². The average Bonchev–Trinajstić information content (AvgIpc) is 2.66. The van der Waals surface area contributed by atoms with Gasteiger partial charge in [0.05, 0.1) is 10.9 Å². The molecule has 0 atom stereocenters. The maximum atomic E-state index is 13.3. The van der Waals surface area contributed by atoms with Crippen molar-refractivity contribution in [3.05, 3.63) is 63.9 Å². The molecule has 0 spiro atoms. The van der Waals surface area contributed by atoms with E-state index in [2.05, 4.69) is 13.2 Å². The van der Waals surface area contributed by atoms with Crippen molar-refractivity contribution < 1.29 is 29.9 Å². The van der Waals surface area contributed by atoms with Gasteiger partial charge in [-0.25, -0.2) is 0 Å². The van der Waals surface area contributed by atoms with E-state index in [4.69, 9.17) is 4.42 Å². The Hall–Kier alpha value is -4.13. The summed E-state index contributed by atoms with van der Waals surface area (Å²) in [5.74, 6) is -3.54. The quantitative estimate of drug-likeness (QED) is 0.241. The molecule has 0 aliphatic rings. The fourth-order valence-corrected chi connectivity index (χ4v) is 3.00. The molecule has 7 nitrogen and oxygen atoms in total. The zero-order valence-corrected chi connectivity index (χ0v) is 16.4. The van der Waals surface area contributed by atoms with Crippen LogP contribution in [0.3, 0.4) is 0 Å². The number of hydrogen-bond donors (Lipinski definition) is 5. The first-order valence-corrected chi connectivity index (χ1v) is 8.84. The highest BCUT2D eigenvalue weighted by Gasteiger charge is 2.25. The summed E-state index contributed by atoms with van der Waals surface area (Å²) in [7, 11) is 0. The van der Waals surface area contributed by atoms with Crippen LogP contribution < -0.4 is 5.43 Å². The molecule has 0 aliphatic carbocycles. The third-order valence-electron chi connectivity index (χ3n) is 4.43. The first-order chi connectivity index (χ1) is 14.0. The monoisotopic (exact) mass is 408 g/mol. The first kappa shape index (κ1) is 20.6. The molecule has 30 heavy (non-hydrogen) atoms. The van der Waals surface area contributed by atoms with Crippen LogP contribution in [0.2, 0.25) is 0 Å². The van der Waals surface area contributed by atoms with E-state index in [0.717, 1.165) is 6.07 Å². The van der Waals surface area contributed by atoms with Crippen LogP contribution in [-0.4, -0.2) is 25.5 Å². The molecule has 0 saturated carbocycles. The van der Waals surface area contributed by atoms with Crippen molar-refractivity contribution in [2.24, 2.45) is 0 Å². The fourth-order valence-electron chi connectivity index (χ4n) is 3.00. The number of hydrogen-bond acceptors (Lipinski definition) is 7. The Labute approximate surface area is 171 Å². The SMILES string of the molecule is C=C(C)C=Cc1c(O)c(O)c(O)c2c(=O)c3c(C=CC(=C)C)c(O)c(O)cc3oc12. The molecule has 0 saturated heterocycles. The number of allylic oxidation sites excluding steroid dienone is 4. The Morgan fingerprint density at radius 1 is 0.833 bits per heavy atom. The lowest BCUT2D eigenvalue weighted by atomic mass is 10.0. The third-order valence-corrected chi connectivity index (χ3v) is 4.43. The van der Waals surface area contributed by atoms with Crippen LogP contribution in [0, 0.1) is 0 Å². The van der Waals surface area contributed by atoms with Gasteiger partial charge in [0, 0.05) is 11.6 Å². The number of phenolic OH excluding ortho intramolecular Hbond substituents is 5. The van der Waals surface area contributed by atoms with Crippen LogP contribution in [0.5, 0.6) is 28.7 Å². The largest absolute Gasteiger partial charge is 0.504 e. The summed E-state index contributed by atoms with van der Waals surface area (Å²) in [6.07, 6.45) is 5.79. The summed E-state index contributed by atoms with van der Waals surface area (Å²) in [6, 6.07) is 1.05. The Balaban J connectivity index is 2.60. The zero-order valence-electron chi connectivity index (χ0n) is 16.4. The topological polar surface area (TPSA) is 131 Å². The highest BCUT2D eigenvalue weighted by Crippen LogP contribution is 2.46. The predicted molar refractivity (Wildman–Crippen MR) is 116 cm³/mol. The van der Waals surface area contributed by atoms with E-state index < -0.39 is 39.6 Å². The molecule has 3 aromatic rings. The lowest BCUT2D eigenvalue weighted by Gasteiger charge is -2.12. The summed E-state index contributed by atoms with van der Waals surface area (Å²) in [4.78, 5) is 13.3. The molecule has 0 aliphatic heterocycles. The smallest absolute Gasteiger partial charge is 0.205 e. The van der Waals surface area contributed by atoms with Crippen molar-refractivity contribution >= 4 is 34.1 Å². The standard InChI is InChI=1S/C23H20O7/c1-10(2)5-7-12-16-15(9-14(24)18(12)25)30-23-13(8-6-11(3)4)19(26)22(29)21(28)17(23)20(16)27/h5-9,24-26,28-29H,1,3H2,2,4H3. The molecule has 2 aromatic carbocycles. The fraction of sp³-hybridized carbons (Fsp3) is 0.0870. The maximum Gasteiger partial charge on any atom is 0.205 e. The minimum absolute atomic E-state index is 0.0466. The second kappa shape index (κ2) is 7.36. The molecule has 0 radical (unpaired) electrons. The predicted octanol–water partition coefficient (Wildman–Crippen LogP) is 4.65. The van der Waals surface area contributed by atoms with Crippen LogP contribution in [-0.2, 0) is 0 Å². The summed E-state index contributed by atoms with van der Waals surface area (Å²) in [6.45, 7) is 10.8. The van der Waals surface area contributed by atoms with Crippen molar-refractivity contribution in [3.8, 4) is 28.7 Å². The Bertz CT molecular complexity index is 1350. The summed E-state index contributed by atoms with van der Waals surface area (Å²) in [5.41, 5.74) is 0.0438. The van der Waals surface area contributed by atoms with E-state index in [-0.39, 0.29) is 27.7 Å². The van der Waals surface area contributed by atoms with Crippen LogP contribution in [0.25, 0.3) is 34.1 Å². The molecule has 0 unspecified atom stereocenters. The second-order valence-electron chi connectivity index (χ2n) is 6.99. The molecule has 1 aromatic heterocycles. The lowest BCUT2D eigenvalue weighted by Crippen LogP contribution is -2.05. The van der Waals surface area contributed by atoms with Crippen molar-refractivity contribution in [3.63, 3.8) is 0 Å². The molecule has 3 rings (SSSR count). The van der Waals surface area contributed by atoms with E-state index in [0.29, 0.717) is 11.1 Å². The van der Waals surface area contributed by atoms with E-state index in [1.165, 1.54) is 24.3 Å². The van der Waals surface area contributed by atoms with E-state index >= 15 is 0 Å². The van der Waals surface area contributed by atoms with Gasteiger partial charge in [-0.2, -0.15) is 0 Å². The normalized spacial score (nSPS) is 11.8. The molecule has 1 heterocycles. The third kappa shape index (κ3) is 3.26. The molecular formula is C23H20O7. The van der Waals surface area contributed by atoms with Gasteiger partial charge in [-0.3, -0.25) is 4.79 Å². The highest BCUT2D eigenvalue weighted by atomic mass is 16.3. The molecule has 0 bridgehead atoms. The van der Waals surface area contributed by atoms with E-state index in [9.17, 15) is 30.3 Å². The van der Waals surface area contributed by atoms with Gasteiger partial charge in [0.15, 0.2) is 28.6 Å². The molecule has 0 amide bonds. The van der Waals surface area contributed by atoms with Gasteiger partial charge < -0.3 is 29.9 Å². The zero-order chi connectivity index (χ0) is 22.3. The van der Waals surface area contributed by atoms with E-state index in [1.54, 1.807) is 13.8 Å². The van der Waals surface area contributed by atoms with E-state index in [1.807, 2.05) is 0 Å².